The van der Waals surface area contributed by atoms with Crippen molar-refractivity contribution in [2.24, 2.45) is 0 Å². The Bertz CT molecular complexity index is 651. The zero-order valence-electron chi connectivity index (χ0n) is 14.0. The minimum atomic E-state index is 0.196. The molecule has 6 nitrogen and oxygen atoms in total. The van der Waals surface area contributed by atoms with Crippen molar-refractivity contribution >= 4 is 11.6 Å². The van der Waals surface area contributed by atoms with E-state index in [1.165, 1.54) is 0 Å². The highest BCUT2D eigenvalue weighted by atomic mass is 16.3. The highest BCUT2D eigenvalue weighted by Crippen LogP contribution is 2.29. The molecule has 24 heavy (non-hydrogen) atoms. The molecule has 0 unspecified atom stereocenters. The van der Waals surface area contributed by atoms with Crippen molar-refractivity contribution in [3.05, 3.63) is 36.9 Å². The lowest BCUT2D eigenvalue weighted by Crippen LogP contribution is -2.36. The second-order valence-electron chi connectivity index (χ2n) is 6.75. The molecule has 2 aliphatic heterocycles. The minimum absolute atomic E-state index is 0.196. The van der Waals surface area contributed by atoms with E-state index in [0.717, 1.165) is 57.0 Å². The first-order valence-corrected chi connectivity index (χ1v) is 8.92. The molecular weight excluding hydrogens is 302 g/mol. The first kappa shape index (κ1) is 15.4. The van der Waals surface area contributed by atoms with E-state index >= 15 is 0 Å². The van der Waals surface area contributed by atoms with E-state index < -0.39 is 0 Å². The lowest BCUT2D eigenvalue weighted by atomic mass is 10.1. The highest BCUT2D eigenvalue weighted by molar-refractivity contribution is 5.51. The van der Waals surface area contributed by atoms with Crippen molar-refractivity contribution in [2.75, 3.05) is 36.0 Å². The van der Waals surface area contributed by atoms with Crippen LogP contribution >= 0.6 is 0 Å². The predicted octanol–water partition coefficient (Wildman–Crippen LogP) is 2.08. The van der Waals surface area contributed by atoms with Crippen LogP contribution in [0.3, 0.4) is 0 Å². The van der Waals surface area contributed by atoms with Gasteiger partial charge in [-0.15, -0.1) is 0 Å². The monoisotopic (exact) mass is 327 g/mol. The summed E-state index contributed by atoms with van der Waals surface area (Å²) in [6.45, 7) is 3.20. The topological polar surface area (TPSA) is 57.4 Å². The highest BCUT2D eigenvalue weighted by Gasteiger charge is 2.26. The zero-order chi connectivity index (χ0) is 16.4. The largest absolute Gasteiger partial charge is 0.394 e. The third kappa shape index (κ3) is 2.98. The summed E-state index contributed by atoms with van der Waals surface area (Å²) in [4.78, 5) is 13.5. The van der Waals surface area contributed by atoms with Crippen molar-refractivity contribution in [1.29, 1.82) is 0 Å². The molecule has 1 atom stereocenters. The van der Waals surface area contributed by atoms with E-state index in [4.69, 9.17) is 0 Å². The van der Waals surface area contributed by atoms with Gasteiger partial charge in [-0.05, 0) is 37.8 Å². The third-order valence-corrected chi connectivity index (χ3v) is 5.36. The Kier molecular flexibility index (Phi) is 4.38. The van der Waals surface area contributed by atoms with Gasteiger partial charge in [0.25, 0.3) is 0 Å². The molecule has 4 heterocycles. The Labute approximate surface area is 142 Å². The summed E-state index contributed by atoms with van der Waals surface area (Å²) in [5, 5.41) is 9.54. The average Bonchev–Trinajstić information content (AvgIpc) is 3.33. The molecular formula is C18H25N5O. The molecule has 1 N–H and O–H groups in total. The second kappa shape index (κ2) is 6.81. The van der Waals surface area contributed by atoms with Gasteiger partial charge in [0.2, 0.25) is 0 Å². The van der Waals surface area contributed by atoms with E-state index in [1.807, 2.05) is 0 Å². The van der Waals surface area contributed by atoms with Crippen molar-refractivity contribution in [3.63, 3.8) is 0 Å². The Morgan fingerprint density at radius 2 is 1.75 bits per heavy atom. The maximum Gasteiger partial charge on any atom is 0.134 e. The SMILES string of the molecule is OC[C@H]1CCCN1c1cc(N2CCC(n3cccc3)CC2)ncn1. The second-order valence-corrected chi connectivity index (χ2v) is 6.75. The molecule has 6 heteroatoms. The van der Waals surface area contributed by atoms with Crippen molar-refractivity contribution < 1.29 is 5.11 Å². The van der Waals surface area contributed by atoms with E-state index in [1.54, 1.807) is 6.33 Å². The van der Waals surface area contributed by atoms with E-state index in [9.17, 15) is 5.11 Å². The van der Waals surface area contributed by atoms with Gasteiger partial charge in [0.05, 0.1) is 12.6 Å². The first-order valence-electron chi connectivity index (χ1n) is 8.92. The molecule has 2 aromatic heterocycles. The maximum atomic E-state index is 9.54. The molecule has 0 aliphatic carbocycles. The van der Waals surface area contributed by atoms with Crippen LogP contribution in [0.1, 0.15) is 31.7 Å². The lowest BCUT2D eigenvalue weighted by molar-refractivity contribution is 0.266. The molecule has 0 spiro atoms. The number of aliphatic hydroxyl groups is 1. The molecule has 128 valence electrons. The number of hydrogen-bond acceptors (Lipinski definition) is 5. The number of piperidine rings is 1. The van der Waals surface area contributed by atoms with Gasteiger partial charge in [-0.1, -0.05) is 0 Å². The number of nitrogens with zero attached hydrogens (tertiary/aromatic N) is 5. The molecule has 0 aromatic carbocycles. The summed E-state index contributed by atoms with van der Waals surface area (Å²) >= 11 is 0. The van der Waals surface area contributed by atoms with Crippen LogP contribution in [0.15, 0.2) is 36.9 Å². The van der Waals surface area contributed by atoms with Crippen LogP contribution in [-0.4, -0.2) is 51.9 Å². The number of hydrogen-bond donors (Lipinski definition) is 1. The number of aliphatic hydroxyl groups excluding tert-OH is 1. The molecule has 2 saturated heterocycles. The molecule has 0 radical (unpaired) electrons. The van der Waals surface area contributed by atoms with E-state index in [2.05, 4.69) is 54.9 Å². The number of rotatable bonds is 4. The molecule has 0 bridgehead atoms. The number of anilines is 2. The minimum Gasteiger partial charge on any atom is -0.394 e. The summed E-state index contributed by atoms with van der Waals surface area (Å²) in [5.41, 5.74) is 0. The summed E-state index contributed by atoms with van der Waals surface area (Å²) in [7, 11) is 0. The summed E-state index contributed by atoms with van der Waals surface area (Å²) in [6, 6.07) is 7.07. The zero-order valence-corrected chi connectivity index (χ0v) is 14.0. The van der Waals surface area contributed by atoms with Crippen molar-refractivity contribution in [2.45, 2.75) is 37.8 Å². The number of aromatic nitrogens is 3. The van der Waals surface area contributed by atoms with Crippen LogP contribution in [-0.2, 0) is 0 Å². The van der Waals surface area contributed by atoms with Crippen LogP contribution in [0.4, 0.5) is 11.6 Å². The van der Waals surface area contributed by atoms with Gasteiger partial charge >= 0.3 is 0 Å². The van der Waals surface area contributed by atoms with Crippen LogP contribution in [0.5, 0.6) is 0 Å². The van der Waals surface area contributed by atoms with Gasteiger partial charge in [0.1, 0.15) is 18.0 Å². The Balaban J connectivity index is 1.45. The molecule has 2 aromatic rings. The molecule has 2 aliphatic rings. The maximum absolute atomic E-state index is 9.54. The standard InChI is InChI=1S/C18H25N5O/c24-13-16-4-3-9-23(16)18-12-17(19-14-20-18)22-10-5-15(6-11-22)21-7-1-2-8-21/h1-2,7-8,12,14-16,24H,3-6,9-11,13H2/t16-/m1/s1. The third-order valence-electron chi connectivity index (χ3n) is 5.36. The fourth-order valence-electron chi connectivity index (χ4n) is 3.98. The van der Waals surface area contributed by atoms with Gasteiger partial charge in [-0.25, -0.2) is 9.97 Å². The van der Waals surface area contributed by atoms with E-state index in [-0.39, 0.29) is 12.6 Å². The summed E-state index contributed by atoms with van der Waals surface area (Å²) in [6.07, 6.45) is 10.4. The summed E-state index contributed by atoms with van der Waals surface area (Å²) in [5.74, 6) is 1.96. The van der Waals surface area contributed by atoms with Gasteiger partial charge in [0, 0.05) is 44.1 Å². The summed E-state index contributed by atoms with van der Waals surface area (Å²) < 4.78 is 2.32. The van der Waals surface area contributed by atoms with Gasteiger partial charge in [0.15, 0.2) is 0 Å². The average molecular weight is 327 g/mol. The van der Waals surface area contributed by atoms with Crippen LogP contribution in [0, 0.1) is 0 Å². The Morgan fingerprint density at radius 3 is 2.50 bits per heavy atom. The fourth-order valence-corrected chi connectivity index (χ4v) is 3.98. The van der Waals surface area contributed by atoms with Crippen LogP contribution in [0.25, 0.3) is 0 Å². The van der Waals surface area contributed by atoms with Crippen LogP contribution in [0.2, 0.25) is 0 Å². The van der Waals surface area contributed by atoms with Crippen molar-refractivity contribution in [3.8, 4) is 0 Å². The van der Waals surface area contributed by atoms with Gasteiger partial charge < -0.3 is 19.5 Å². The smallest absolute Gasteiger partial charge is 0.134 e. The van der Waals surface area contributed by atoms with Crippen molar-refractivity contribution in [1.82, 2.24) is 14.5 Å². The molecule has 0 saturated carbocycles. The van der Waals surface area contributed by atoms with Gasteiger partial charge in [-0.3, -0.25) is 0 Å². The molecule has 4 rings (SSSR count). The predicted molar refractivity (Wildman–Crippen MR) is 94.4 cm³/mol. The quantitative estimate of drug-likeness (QED) is 0.932. The molecule has 2 fully saturated rings. The molecule has 0 amide bonds. The first-order chi connectivity index (χ1) is 11.8. The van der Waals surface area contributed by atoms with Crippen LogP contribution < -0.4 is 9.80 Å². The van der Waals surface area contributed by atoms with Gasteiger partial charge in [-0.2, -0.15) is 0 Å². The normalized spacial score (nSPS) is 22.3. The Hall–Kier alpha value is -2.08. The van der Waals surface area contributed by atoms with E-state index in [0.29, 0.717) is 6.04 Å². The fraction of sp³-hybridized carbons (Fsp3) is 0.556. The Morgan fingerprint density at radius 1 is 1.00 bits per heavy atom. The lowest BCUT2D eigenvalue weighted by Gasteiger charge is -2.34.